The fraction of sp³-hybridized carbons (Fsp3) is 0.733. The molecule has 0 bridgehead atoms. The lowest BCUT2D eigenvalue weighted by Gasteiger charge is -2.50. The van der Waals surface area contributed by atoms with Gasteiger partial charge in [-0.3, -0.25) is 0 Å². The fourth-order valence-corrected chi connectivity index (χ4v) is 4.33. The predicted octanol–water partition coefficient (Wildman–Crippen LogP) is 4.38. The zero-order valence-corrected chi connectivity index (χ0v) is 10.8. The van der Waals surface area contributed by atoms with E-state index >= 15 is 0 Å². The topological polar surface area (TPSA) is 13.1 Å². The van der Waals surface area contributed by atoms with Gasteiger partial charge in [-0.1, -0.05) is 27.7 Å². The van der Waals surface area contributed by atoms with Crippen molar-refractivity contribution in [3.8, 4) is 0 Å². The van der Waals surface area contributed by atoms with Gasteiger partial charge in [0.2, 0.25) is 0 Å². The van der Waals surface area contributed by atoms with Crippen molar-refractivity contribution in [1.82, 2.24) is 0 Å². The summed E-state index contributed by atoms with van der Waals surface area (Å²) in [6.45, 7) is 9.79. The molecule has 0 N–H and O–H groups in total. The molecule has 0 saturated heterocycles. The Balaban J connectivity index is 2.16. The lowest BCUT2D eigenvalue weighted by molar-refractivity contribution is 0.0305. The molecular formula is C15H22O. The van der Waals surface area contributed by atoms with Crippen LogP contribution in [0.25, 0.3) is 0 Å². The van der Waals surface area contributed by atoms with E-state index in [1.807, 2.05) is 6.26 Å². The van der Waals surface area contributed by atoms with Crippen LogP contribution in [-0.2, 0) is 6.42 Å². The molecule has 16 heavy (non-hydrogen) atoms. The minimum absolute atomic E-state index is 0.428. The highest BCUT2D eigenvalue weighted by atomic mass is 16.3. The van der Waals surface area contributed by atoms with Gasteiger partial charge < -0.3 is 4.42 Å². The van der Waals surface area contributed by atoms with Gasteiger partial charge in [-0.05, 0) is 47.1 Å². The molecule has 0 radical (unpaired) electrons. The van der Waals surface area contributed by atoms with E-state index in [1.54, 1.807) is 0 Å². The van der Waals surface area contributed by atoms with Gasteiger partial charge in [-0.25, -0.2) is 0 Å². The number of rotatable bonds is 0. The summed E-state index contributed by atoms with van der Waals surface area (Å²) in [5.41, 5.74) is 2.36. The van der Waals surface area contributed by atoms with Crippen molar-refractivity contribution >= 4 is 0 Å². The summed E-state index contributed by atoms with van der Waals surface area (Å²) in [6, 6.07) is 2.19. The third-order valence-electron chi connectivity index (χ3n) is 6.22. The van der Waals surface area contributed by atoms with Gasteiger partial charge in [-0.15, -0.1) is 0 Å². The van der Waals surface area contributed by atoms with Crippen LogP contribution >= 0.6 is 0 Å². The van der Waals surface area contributed by atoms with Crippen LogP contribution in [0.5, 0.6) is 0 Å². The van der Waals surface area contributed by atoms with E-state index in [-0.39, 0.29) is 0 Å². The Labute approximate surface area is 98.2 Å². The molecule has 0 aromatic carbocycles. The zero-order valence-electron chi connectivity index (χ0n) is 10.8. The van der Waals surface area contributed by atoms with Gasteiger partial charge in [0.25, 0.3) is 0 Å². The number of hydrogen-bond donors (Lipinski definition) is 0. The second-order valence-corrected chi connectivity index (χ2v) is 6.47. The zero-order chi connectivity index (χ0) is 11.6. The lowest BCUT2D eigenvalue weighted by Crippen LogP contribution is -2.44. The molecule has 4 atom stereocenters. The summed E-state index contributed by atoms with van der Waals surface area (Å²) in [5, 5.41) is 0. The molecule has 1 heteroatoms. The maximum atomic E-state index is 5.69. The number of furan rings is 1. The van der Waals surface area contributed by atoms with Crippen LogP contribution < -0.4 is 0 Å². The van der Waals surface area contributed by atoms with E-state index in [0.29, 0.717) is 16.7 Å². The Hall–Kier alpha value is -0.720. The van der Waals surface area contributed by atoms with Crippen LogP contribution in [0, 0.1) is 16.7 Å². The molecule has 1 aromatic rings. The maximum Gasteiger partial charge on any atom is 0.107 e. The average molecular weight is 218 g/mol. The average Bonchev–Trinajstić information content (AvgIpc) is 2.78. The maximum absolute atomic E-state index is 5.69. The second kappa shape index (κ2) is 2.94. The van der Waals surface area contributed by atoms with E-state index in [4.69, 9.17) is 4.42 Å². The lowest BCUT2D eigenvalue weighted by atomic mass is 9.53. The molecule has 0 spiro atoms. The summed E-state index contributed by atoms with van der Waals surface area (Å²) in [7, 11) is 0. The first kappa shape index (κ1) is 10.4. The number of fused-ring (bicyclic) bond motifs is 2. The third kappa shape index (κ3) is 0.977. The van der Waals surface area contributed by atoms with Gasteiger partial charge >= 0.3 is 0 Å². The van der Waals surface area contributed by atoms with Crippen molar-refractivity contribution in [3.05, 3.63) is 23.7 Å². The molecule has 0 unspecified atom stereocenters. The molecular weight excluding hydrogens is 196 g/mol. The molecule has 1 saturated carbocycles. The second-order valence-electron chi connectivity index (χ2n) is 6.47. The Bertz CT molecular complexity index is 417. The van der Waals surface area contributed by atoms with E-state index < -0.39 is 0 Å². The first-order valence-electron chi connectivity index (χ1n) is 6.55. The molecule has 88 valence electrons. The Morgan fingerprint density at radius 1 is 1.25 bits per heavy atom. The molecule has 1 aromatic heterocycles. The smallest absolute Gasteiger partial charge is 0.107 e. The van der Waals surface area contributed by atoms with Crippen LogP contribution in [0.1, 0.15) is 57.8 Å². The van der Waals surface area contributed by atoms with Crippen LogP contribution in [-0.4, -0.2) is 0 Å². The molecule has 1 heterocycles. The Morgan fingerprint density at radius 3 is 2.75 bits per heavy atom. The van der Waals surface area contributed by atoms with Crippen molar-refractivity contribution in [1.29, 1.82) is 0 Å². The molecule has 0 amide bonds. The molecule has 0 aliphatic heterocycles. The largest absolute Gasteiger partial charge is 0.469 e. The molecule has 1 nitrogen and oxygen atoms in total. The minimum atomic E-state index is 0.428. The van der Waals surface area contributed by atoms with Crippen molar-refractivity contribution in [3.63, 3.8) is 0 Å². The van der Waals surface area contributed by atoms with Crippen molar-refractivity contribution in [2.45, 2.75) is 52.9 Å². The van der Waals surface area contributed by atoms with Crippen LogP contribution in [0.4, 0.5) is 0 Å². The third-order valence-corrected chi connectivity index (χ3v) is 6.22. The number of hydrogen-bond acceptors (Lipinski definition) is 1. The fourth-order valence-electron chi connectivity index (χ4n) is 4.33. The normalized spacial score (nSPS) is 46.5. The van der Waals surface area contributed by atoms with E-state index in [9.17, 15) is 0 Å². The highest BCUT2D eigenvalue weighted by molar-refractivity contribution is 5.32. The van der Waals surface area contributed by atoms with Gasteiger partial charge in [-0.2, -0.15) is 0 Å². The highest BCUT2D eigenvalue weighted by Gasteiger charge is 2.58. The monoisotopic (exact) mass is 218 g/mol. The standard InChI is InChI=1S/C15H22O/c1-10-5-7-14(3)11(2)12-6-8-16-13(12)9-15(10,14)4/h6,8,10-11H,5,7,9H2,1-4H3/t10-,11-,14-,15-/m0/s1. The van der Waals surface area contributed by atoms with E-state index in [2.05, 4.69) is 33.8 Å². The summed E-state index contributed by atoms with van der Waals surface area (Å²) < 4.78 is 5.69. The van der Waals surface area contributed by atoms with Crippen LogP contribution in [0.15, 0.2) is 16.7 Å². The van der Waals surface area contributed by atoms with E-state index in [0.717, 1.165) is 12.3 Å². The highest BCUT2D eigenvalue weighted by Crippen LogP contribution is 2.66. The molecule has 3 rings (SSSR count). The van der Waals surface area contributed by atoms with Gasteiger partial charge in [0, 0.05) is 6.42 Å². The van der Waals surface area contributed by atoms with E-state index in [1.165, 1.54) is 24.2 Å². The first-order valence-corrected chi connectivity index (χ1v) is 6.55. The molecule has 2 aliphatic carbocycles. The Morgan fingerprint density at radius 2 is 2.00 bits per heavy atom. The van der Waals surface area contributed by atoms with Gasteiger partial charge in [0.1, 0.15) is 5.76 Å². The summed E-state index contributed by atoms with van der Waals surface area (Å²) in [5.74, 6) is 2.71. The van der Waals surface area contributed by atoms with Crippen LogP contribution in [0.3, 0.4) is 0 Å². The van der Waals surface area contributed by atoms with Crippen LogP contribution in [0.2, 0.25) is 0 Å². The molecule has 1 fully saturated rings. The summed E-state index contributed by atoms with van der Waals surface area (Å²) >= 11 is 0. The predicted molar refractivity (Wildman–Crippen MR) is 65.4 cm³/mol. The SMILES string of the molecule is C[C@H]1CC[C@@]2(C)[C@@H](C)c3ccoc3C[C@@]12C. The summed E-state index contributed by atoms with van der Waals surface area (Å²) in [6.07, 6.45) is 5.76. The quantitative estimate of drug-likeness (QED) is 0.629. The van der Waals surface area contributed by atoms with Crippen molar-refractivity contribution in [2.24, 2.45) is 16.7 Å². The van der Waals surface area contributed by atoms with Gasteiger partial charge in [0.15, 0.2) is 0 Å². The minimum Gasteiger partial charge on any atom is -0.469 e. The first-order chi connectivity index (χ1) is 7.49. The summed E-state index contributed by atoms with van der Waals surface area (Å²) in [4.78, 5) is 0. The van der Waals surface area contributed by atoms with Gasteiger partial charge in [0.05, 0.1) is 6.26 Å². The van der Waals surface area contributed by atoms with Crippen molar-refractivity contribution < 1.29 is 4.42 Å². The van der Waals surface area contributed by atoms with Crippen molar-refractivity contribution in [2.75, 3.05) is 0 Å². The Kier molecular flexibility index (Phi) is 1.92. The molecule has 2 aliphatic rings.